The van der Waals surface area contributed by atoms with Crippen molar-refractivity contribution >= 4 is 29.5 Å². The first-order valence-corrected chi connectivity index (χ1v) is 7.02. The third-order valence-corrected chi connectivity index (χ3v) is 2.97. The highest BCUT2D eigenvalue weighted by atomic mass is 35.5. The second kappa shape index (κ2) is 8.42. The summed E-state index contributed by atoms with van der Waals surface area (Å²) in [7, 11) is 1.09. The summed E-state index contributed by atoms with van der Waals surface area (Å²) >= 11 is 5.80. The summed E-state index contributed by atoms with van der Waals surface area (Å²) in [6.07, 6.45) is 0. The fraction of sp³-hybridized carbons (Fsp3) is 0.429. The van der Waals surface area contributed by atoms with Crippen LogP contribution in [0.4, 0.5) is 4.39 Å². The number of aromatic nitrogens is 1. The summed E-state index contributed by atoms with van der Waals surface area (Å²) < 4.78 is 28.1. The first-order chi connectivity index (χ1) is 10.9. The van der Waals surface area contributed by atoms with E-state index in [1.165, 1.54) is 13.8 Å². The van der Waals surface area contributed by atoms with Gasteiger partial charge in [-0.3, -0.25) is 9.59 Å². The smallest absolute Gasteiger partial charge is 0.341 e. The van der Waals surface area contributed by atoms with Crippen molar-refractivity contribution in [3.63, 3.8) is 0 Å². The van der Waals surface area contributed by atoms with E-state index in [1.54, 1.807) is 0 Å². The molecule has 1 rings (SSSR count). The number of esters is 3. The minimum absolute atomic E-state index is 0.0235. The summed E-state index contributed by atoms with van der Waals surface area (Å²) in [5, 5.41) is -0.410. The van der Waals surface area contributed by atoms with Crippen molar-refractivity contribution in [1.82, 2.24) is 4.98 Å². The summed E-state index contributed by atoms with van der Waals surface area (Å²) in [6, 6.07) is 0.738. The number of carbonyl (C=O) groups excluding carboxylic acids is 3. The van der Waals surface area contributed by atoms with Crippen molar-refractivity contribution in [2.75, 3.05) is 20.3 Å². The molecular formula is C14H15ClFNO6. The molecule has 1 heterocycles. The van der Waals surface area contributed by atoms with Gasteiger partial charge in [0, 0.05) is 0 Å². The Labute approximate surface area is 136 Å². The molecule has 0 aliphatic carbocycles. The first kappa shape index (κ1) is 18.8. The van der Waals surface area contributed by atoms with Crippen molar-refractivity contribution in [3.8, 4) is 0 Å². The van der Waals surface area contributed by atoms with Gasteiger partial charge in [-0.15, -0.1) is 0 Å². The van der Waals surface area contributed by atoms with Gasteiger partial charge in [0.15, 0.2) is 5.92 Å². The number of nitrogens with zero attached hydrogens (tertiary/aromatic N) is 1. The molecule has 23 heavy (non-hydrogen) atoms. The van der Waals surface area contributed by atoms with Crippen molar-refractivity contribution in [2.24, 2.45) is 0 Å². The average Bonchev–Trinajstić information content (AvgIpc) is 2.50. The Hall–Kier alpha value is -2.22. The van der Waals surface area contributed by atoms with Crippen molar-refractivity contribution < 1.29 is 33.0 Å². The highest BCUT2D eigenvalue weighted by molar-refractivity contribution is 6.32. The normalized spacial score (nSPS) is 10.3. The molecule has 1 aromatic rings. The van der Waals surface area contributed by atoms with Crippen LogP contribution in [0.5, 0.6) is 0 Å². The zero-order chi connectivity index (χ0) is 17.6. The highest BCUT2D eigenvalue weighted by Gasteiger charge is 2.36. The lowest BCUT2D eigenvalue weighted by Crippen LogP contribution is -2.28. The Morgan fingerprint density at radius 2 is 1.74 bits per heavy atom. The van der Waals surface area contributed by atoms with Gasteiger partial charge in [-0.1, -0.05) is 11.6 Å². The number of rotatable bonds is 6. The predicted molar refractivity (Wildman–Crippen MR) is 76.6 cm³/mol. The molecule has 0 fully saturated rings. The topological polar surface area (TPSA) is 91.8 Å². The summed E-state index contributed by atoms with van der Waals surface area (Å²) in [5.74, 6) is -5.78. The van der Waals surface area contributed by atoms with Crippen LogP contribution in [0.2, 0.25) is 5.15 Å². The monoisotopic (exact) mass is 347 g/mol. The minimum Gasteiger partial charge on any atom is -0.465 e. The van der Waals surface area contributed by atoms with Crippen LogP contribution in [0.25, 0.3) is 0 Å². The maximum Gasteiger partial charge on any atom is 0.341 e. The van der Waals surface area contributed by atoms with Gasteiger partial charge in [-0.25, -0.2) is 14.2 Å². The third kappa shape index (κ3) is 4.38. The zero-order valence-corrected chi connectivity index (χ0v) is 13.5. The summed E-state index contributed by atoms with van der Waals surface area (Å²) in [6.45, 7) is 3.00. The maximum atomic E-state index is 14.2. The van der Waals surface area contributed by atoms with E-state index in [1.807, 2.05) is 0 Å². The van der Waals surface area contributed by atoms with E-state index in [2.05, 4.69) is 9.72 Å². The van der Waals surface area contributed by atoms with E-state index in [4.69, 9.17) is 21.1 Å². The number of ether oxygens (including phenoxy) is 3. The van der Waals surface area contributed by atoms with E-state index in [0.717, 1.165) is 13.2 Å². The molecule has 1 aromatic heterocycles. The molecule has 9 heteroatoms. The van der Waals surface area contributed by atoms with Crippen LogP contribution in [0.3, 0.4) is 0 Å². The van der Waals surface area contributed by atoms with Gasteiger partial charge in [0.2, 0.25) is 0 Å². The Kier molecular flexibility index (Phi) is 6.89. The van der Waals surface area contributed by atoms with Gasteiger partial charge in [0.25, 0.3) is 0 Å². The van der Waals surface area contributed by atoms with E-state index in [-0.39, 0.29) is 18.8 Å². The van der Waals surface area contributed by atoms with Gasteiger partial charge in [-0.2, -0.15) is 0 Å². The maximum absolute atomic E-state index is 14.2. The molecule has 126 valence electrons. The molecule has 0 bridgehead atoms. The molecule has 0 radical (unpaired) electrons. The number of carbonyl (C=O) groups is 3. The average molecular weight is 348 g/mol. The van der Waals surface area contributed by atoms with Crippen LogP contribution in [0.15, 0.2) is 6.07 Å². The van der Waals surface area contributed by atoms with E-state index in [0.29, 0.717) is 0 Å². The van der Waals surface area contributed by atoms with Gasteiger partial charge in [0.05, 0.1) is 25.9 Å². The highest BCUT2D eigenvalue weighted by Crippen LogP contribution is 2.25. The molecule has 0 saturated heterocycles. The predicted octanol–water partition coefficient (Wildman–Crippen LogP) is 1.87. The lowest BCUT2D eigenvalue weighted by molar-refractivity contribution is -0.157. The van der Waals surface area contributed by atoms with Crippen LogP contribution in [0, 0.1) is 5.82 Å². The second-order valence-electron chi connectivity index (χ2n) is 4.12. The number of hydrogen-bond donors (Lipinski definition) is 0. The molecule has 0 aromatic carbocycles. The number of halogens is 2. The molecule has 0 aliphatic rings. The molecule has 0 saturated carbocycles. The molecule has 7 nitrogen and oxygen atoms in total. The lowest BCUT2D eigenvalue weighted by atomic mass is 10.0. The Bertz CT molecular complexity index is 604. The standard InChI is InChI=1S/C14H15ClFNO6/c1-4-22-13(19)9(14(20)23-5-2)10-8(16)6-7(11(15)17-10)12(18)21-3/h6,9H,4-5H2,1-3H3. The Morgan fingerprint density at radius 1 is 1.22 bits per heavy atom. The van der Waals surface area contributed by atoms with E-state index in [9.17, 15) is 18.8 Å². The zero-order valence-electron chi connectivity index (χ0n) is 12.7. The fourth-order valence-electron chi connectivity index (χ4n) is 1.71. The lowest BCUT2D eigenvalue weighted by Gasteiger charge is -2.15. The Morgan fingerprint density at radius 3 is 2.17 bits per heavy atom. The Balaban J connectivity index is 3.36. The SMILES string of the molecule is CCOC(=O)C(C(=O)OCC)c1nc(Cl)c(C(=O)OC)cc1F. The van der Waals surface area contributed by atoms with Gasteiger partial charge in [-0.05, 0) is 19.9 Å². The van der Waals surface area contributed by atoms with Gasteiger partial charge >= 0.3 is 17.9 Å². The van der Waals surface area contributed by atoms with Crippen molar-refractivity contribution in [3.05, 3.63) is 28.3 Å². The first-order valence-electron chi connectivity index (χ1n) is 6.64. The minimum atomic E-state index is -1.74. The van der Waals surface area contributed by atoms with Crippen LogP contribution in [0.1, 0.15) is 35.8 Å². The second-order valence-corrected chi connectivity index (χ2v) is 4.48. The van der Waals surface area contributed by atoms with E-state index < -0.39 is 40.5 Å². The molecular weight excluding hydrogens is 333 g/mol. The molecule has 0 spiro atoms. The number of pyridine rings is 1. The van der Waals surface area contributed by atoms with E-state index >= 15 is 0 Å². The molecule has 0 atom stereocenters. The number of hydrogen-bond acceptors (Lipinski definition) is 7. The number of methoxy groups -OCH3 is 1. The fourth-order valence-corrected chi connectivity index (χ4v) is 1.93. The van der Waals surface area contributed by atoms with Crippen LogP contribution in [-0.4, -0.2) is 43.2 Å². The van der Waals surface area contributed by atoms with Gasteiger partial charge < -0.3 is 14.2 Å². The molecule has 0 aliphatic heterocycles. The quantitative estimate of drug-likeness (QED) is 0.335. The summed E-state index contributed by atoms with van der Waals surface area (Å²) in [4.78, 5) is 38.9. The van der Waals surface area contributed by atoms with Crippen LogP contribution >= 0.6 is 11.6 Å². The largest absolute Gasteiger partial charge is 0.465 e. The van der Waals surface area contributed by atoms with Crippen molar-refractivity contribution in [1.29, 1.82) is 0 Å². The van der Waals surface area contributed by atoms with Crippen LogP contribution in [-0.2, 0) is 23.8 Å². The third-order valence-electron chi connectivity index (χ3n) is 2.68. The van der Waals surface area contributed by atoms with Crippen molar-refractivity contribution in [2.45, 2.75) is 19.8 Å². The molecule has 0 amide bonds. The molecule has 0 unspecified atom stereocenters. The van der Waals surface area contributed by atoms with Gasteiger partial charge in [0.1, 0.15) is 16.7 Å². The van der Waals surface area contributed by atoms with Crippen LogP contribution < -0.4 is 0 Å². The summed E-state index contributed by atoms with van der Waals surface area (Å²) in [5.41, 5.74) is -0.915. The molecule has 0 N–H and O–H groups in total.